The molecule has 2 N–H and O–H groups in total. The molecule has 1 aliphatic carbocycles. The predicted octanol–water partition coefficient (Wildman–Crippen LogP) is 4.38. The Hall–Kier alpha value is -2.70. The number of anilines is 2. The molecule has 2 aromatic rings. The first kappa shape index (κ1) is 22.0. The Balaban J connectivity index is 1.97. The minimum Gasteiger partial charge on any atom is -0.325 e. The van der Waals surface area contributed by atoms with Crippen LogP contribution in [0.4, 0.5) is 11.4 Å². The number of nitrogens with one attached hydrogen (secondary N) is 2. The minimum atomic E-state index is -0.385. The van der Waals surface area contributed by atoms with Gasteiger partial charge in [-0.15, -0.1) is 23.2 Å². The molecule has 0 saturated heterocycles. The van der Waals surface area contributed by atoms with Crippen LogP contribution in [-0.2, 0) is 9.59 Å². The molecule has 0 aliphatic heterocycles. The molecule has 0 saturated carbocycles. The molecule has 0 fully saturated rings. The lowest BCUT2D eigenvalue weighted by atomic mass is 9.82. The molecule has 2 aromatic carbocycles. The third kappa shape index (κ3) is 4.55. The van der Waals surface area contributed by atoms with E-state index in [1.54, 1.807) is 36.4 Å². The fraction of sp³-hybridized carbons (Fsp3) is 0.273. The molecule has 0 heterocycles. The van der Waals surface area contributed by atoms with Gasteiger partial charge in [-0.2, -0.15) is 0 Å². The maximum atomic E-state index is 13.2. The molecule has 3 rings (SSSR count). The van der Waals surface area contributed by atoms with E-state index in [0.717, 1.165) is 0 Å². The molecule has 156 valence electrons. The van der Waals surface area contributed by atoms with Crippen molar-refractivity contribution in [3.05, 3.63) is 58.7 Å². The number of hydrogen-bond donors (Lipinski definition) is 2. The van der Waals surface area contributed by atoms with Gasteiger partial charge in [0, 0.05) is 35.7 Å². The summed E-state index contributed by atoms with van der Waals surface area (Å²) in [6.07, 6.45) is 1.44. The van der Waals surface area contributed by atoms with Crippen molar-refractivity contribution in [2.24, 2.45) is 0 Å². The molecule has 0 radical (unpaired) electrons. The van der Waals surface area contributed by atoms with Gasteiger partial charge in [0.1, 0.15) is 0 Å². The zero-order valence-electron chi connectivity index (χ0n) is 16.1. The zero-order chi connectivity index (χ0) is 21.7. The number of fused-ring (bicyclic) bond motifs is 2. The van der Waals surface area contributed by atoms with Crippen molar-refractivity contribution in [2.75, 3.05) is 22.4 Å². The Morgan fingerprint density at radius 1 is 0.700 bits per heavy atom. The Kier molecular flexibility index (Phi) is 7.24. The van der Waals surface area contributed by atoms with Crippen LogP contribution in [-0.4, -0.2) is 35.1 Å². The van der Waals surface area contributed by atoms with Crippen LogP contribution in [0.2, 0.25) is 0 Å². The number of carbonyl (C=O) groups is 4. The van der Waals surface area contributed by atoms with Crippen molar-refractivity contribution in [1.82, 2.24) is 0 Å². The van der Waals surface area contributed by atoms with Gasteiger partial charge >= 0.3 is 0 Å². The normalized spacial score (nSPS) is 12.2. The molecule has 6 nitrogen and oxygen atoms in total. The first-order chi connectivity index (χ1) is 14.5. The third-order valence-electron chi connectivity index (χ3n) is 4.70. The summed E-state index contributed by atoms with van der Waals surface area (Å²) in [6, 6.07) is 9.47. The molecule has 0 atom stereocenters. The topological polar surface area (TPSA) is 92.3 Å². The van der Waals surface area contributed by atoms with Gasteiger partial charge in [0.15, 0.2) is 11.6 Å². The first-order valence-corrected chi connectivity index (χ1v) is 10.6. The van der Waals surface area contributed by atoms with E-state index in [4.69, 9.17) is 23.2 Å². The lowest BCUT2D eigenvalue weighted by Gasteiger charge is -2.22. The SMILES string of the molecule is O=C(CCCCl)Nc1cccc2c1C(=O)c1cccc(NC(=O)CCCCl)c1C2=O. The van der Waals surface area contributed by atoms with Crippen LogP contribution in [0.1, 0.15) is 57.5 Å². The number of alkyl halides is 2. The highest BCUT2D eigenvalue weighted by atomic mass is 35.5. The van der Waals surface area contributed by atoms with E-state index < -0.39 is 0 Å². The van der Waals surface area contributed by atoms with Crippen LogP contribution in [0.15, 0.2) is 36.4 Å². The summed E-state index contributed by atoms with van der Waals surface area (Å²) in [5.74, 6) is -0.630. The van der Waals surface area contributed by atoms with E-state index in [1.165, 1.54) is 0 Å². The molecule has 1 aliphatic rings. The second-order valence-electron chi connectivity index (χ2n) is 6.80. The average molecular weight is 447 g/mol. The predicted molar refractivity (Wildman–Crippen MR) is 117 cm³/mol. The summed E-state index contributed by atoms with van der Waals surface area (Å²) in [6.45, 7) is 0. The van der Waals surface area contributed by atoms with E-state index >= 15 is 0 Å². The third-order valence-corrected chi connectivity index (χ3v) is 5.23. The smallest absolute Gasteiger partial charge is 0.224 e. The summed E-state index contributed by atoms with van der Waals surface area (Å²) in [5, 5.41) is 5.41. The second kappa shape index (κ2) is 9.87. The van der Waals surface area contributed by atoms with Crippen molar-refractivity contribution >= 4 is 58.0 Å². The lowest BCUT2D eigenvalue weighted by molar-refractivity contribution is -0.117. The molecule has 0 aromatic heterocycles. The van der Waals surface area contributed by atoms with Crippen molar-refractivity contribution in [3.8, 4) is 0 Å². The molecule has 2 amide bonds. The van der Waals surface area contributed by atoms with Gasteiger partial charge in [0.05, 0.1) is 22.5 Å². The molecular formula is C22H20Cl2N2O4. The highest BCUT2D eigenvalue weighted by molar-refractivity contribution is 6.32. The fourth-order valence-electron chi connectivity index (χ4n) is 3.33. The van der Waals surface area contributed by atoms with Crippen molar-refractivity contribution in [1.29, 1.82) is 0 Å². The fourth-order valence-corrected chi connectivity index (χ4v) is 3.60. The summed E-state index contributed by atoms with van der Waals surface area (Å²) in [7, 11) is 0. The minimum absolute atomic E-state index is 0.153. The van der Waals surface area contributed by atoms with Gasteiger partial charge in [0.25, 0.3) is 0 Å². The lowest BCUT2D eigenvalue weighted by Crippen LogP contribution is -2.26. The van der Waals surface area contributed by atoms with Crippen LogP contribution in [0.3, 0.4) is 0 Å². The van der Waals surface area contributed by atoms with Gasteiger partial charge in [-0.3, -0.25) is 19.2 Å². The first-order valence-electron chi connectivity index (χ1n) is 9.55. The summed E-state index contributed by atoms with van der Waals surface area (Å²) >= 11 is 11.3. The maximum Gasteiger partial charge on any atom is 0.224 e. The number of hydrogen-bond acceptors (Lipinski definition) is 4. The summed E-state index contributed by atoms with van der Waals surface area (Å²) in [4.78, 5) is 50.7. The highest BCUT2D eigenvalue weighted by Gasteiger charge is 2.34. The number of benzene rings is 2. The van der Waals surface area contributed by atoms with Gasteiger partial charge in [0.2, 0.25) is 11.8 Å². The second-order valence-corrected chi connectivity index (χ2v) is 7.55. The summed E-state index contributed by atoms with van der Waals surface area (Å²) in [5.41, 5.74) is 1.25. The van der Waals surface area contributed by atoms with Crippen molar-refractivity contribution < 1.29 is 19.2 Å². The highest BCUT2D eigenvalue weighted by Crippen LogP contribution is 2.35. The van der Waals surface area contributed by atoms with Crippen molar-refractivity contribution in [3.63, 3.8) is 0 Å². The Morgan fingerprint density at radius 2 is 1.10 bits per heavy atom. The van der Waals surface area contributed by atoms with Crippen LogP contribution in [0, 0.1) is 0 Å². The summed E-state index contributed by atoms with van der Waals surface area (Å²) < 4.78 is 0. The molecular weight excluding hydrogens is 427 g/mol. The zero-order valence-corrected chi connectivity index (χ0v) is 17.6. The van der Waals surface area contributed by atoms with E-state index in [9.17, 15) is 19.2 Å². The molecule has 0 bridgehead atoms. The molecule has 30 heavy (non-hydrogen) atoms. The van der Waals surface area contributed by atoms with Crippen LogP contribution in [0.5, 0.6) is 0 Å². The number of ketones is 2. The quantitative estimate of drug-likeness (QED) is 0.502. The van der Waals surface area contributed by atoms with Gasteiger partial charge in [-0.05, 0) is 25.0 Å². The van der Waals surface area contributed by atoms with Gasteiger partial charge in [-0.1, -0.05) is 24.3 Å². The monoisotopic (exact) mass is 446 g/mol. The van der Waals surface area contributed by atoms with E-state index in [0.29, 0.717) is 24.6 Å². The van der Waals surface area contributed by atoms with Gasteiger partial charge in [-0.25, -0.2) is 0 Å². The number of carbonyl (C=O) groups excluding carboxylic acids is 4. The van der Waals surface area contributed by atoms with Crippen molar-refractivity contribution in [2.45, 2.75) is 25.7 Å². The molecule has 0 spiro atoms. The number of halogens is 2. The Bertz CT molecular complexity index is 939. The maximum absolute atomic E-state index is 13.2. The Labute approximate surface area is 183 Å². The number of amides is 2. The standard InChI is InChI=1S/C22H20Cl2N2O4/c23-11-3-9-17(27)25-15-7-1-5-13-19(15)22(30)14-6-2-8-16(20(14)21(13)29)26-18(28)10-4-12-24/h1-2,5-8H,3-4,9-12H2,(H,25,27)(H,26,28). The van der Waals surface area contributed by atoms with E-state index in [2.05, 4.69) is 10.6 Å². The largest absolute Gasteiger partial charge is 0.325 e. The molecule has 8 heteroatoms. The van der Waals surface area contributed by atoms with E-state index in [-0.39, 0.29) is 69.9 Å². The average Bonchev–Trinajstić information content (AvgIpc) is 2.74. The van der Waals surface area contributed by atoms with Gasteiger partial charge < -0.3 is 10.6 Å². The van der Waals surface area contributed by atoms with Crippen LogP contribution >= 0.6 is 23.2 Å². The Morgan fingerprint density at radius 3 is 1.47 bits per heavy atom. The van der Waals surface area contributed by atoms with E-state index in [1.807, 2.05) is 0 Å². The molecule has 0 unspecified atom stereocenters. The number of rotatable bonds is 8. The van der Waals surface area contributed by atoms with Crippen LogP contribution < -0.4 is 10.6 Å². The van der Waals surface area contributed by atoms with Crippen LogP contribution in [0.25, 0.3) is 0 Å².